The van der Waals surface area contributed by atoms with Crippen molar-refractivity contribution in [2.24, 2.45) is 0 Å². The Morgan fingerprint density at radius 2 is 1.50 bits per heavy atom. The number of aliphatic hydroxyl groups excluding tert-OH is 1. The van der Waals surface area contributed by atoms with Gasteiger partial charge >= 0.3 is 12.2 Å². The number of carbonyl (C=O) groups excluding carboxylic acids is 2. The van der Waals surface area contributed by atoms with Crippen LogP contribution in [-0.2, 0) is 27.4 Å². The molecule has 2 aliphatic heterocycles. The molecule has 40 heavy (non-hydrogen) atoms. The van der Waals surface area contributed by atoms with Gasteiger partial charge in [0.05, 0.1) is 12.3 Å². The fraction of sp³-hybridized carbons (Fsp3) is 0.333. The molecule has 0 aliphatic carbocycles. The van der Waals surface area contributed by atoms with Crippen LogP contribution >= 0.6 is 0 Å². The topological polar surface area (TPSA) is 113 Å². The number of rotatable bonds is 10. The van der Waals surface area contributed by atoms with Crippen LogP contribution in [0.1, 0.15) is 11.1 Å². The zero-order valence-electron chi connectivity index (χ0n) is 22.1. The molecule has 2 aliphatic rings. The van der Waals surface area contributed by atoms with Crippen molar-refractivity contribution in [3.63, 3.8) is 0 Å². The van der Waals surface area contributed by atoms with Crippen LogP contribution in [0.5, 0.6) is 5.75 Å². The van der Waals surface area contributed by atoms with Crippen molar-refractivity contribution in [3.05, 3.63) is 90.0 Å². The third-order valence-corrected chi connectivity index (χ3v) is 6.79. The lowest BCUT2D eigenvalue weighted by Crippen LogP contribution is -2.48. The Labute approximate surface area is 233 Å². The summed E-state index contributed by atoms with van der Waals surface area (Å²) in [6, 6.07) is 24.5. The Balaban J connectivity index is 1.18. The standard InChI is InChI=1S/C30H33N3O7/c34-18-27-28(40-27)21-37-26-17-24(11-12-25(26)31-29(35)38-19-22-7-3-1-4-8-22)32-13-15-33(16-14-32)30(36)39-20-23-9-5-2-6-10-23/h1-12,17,27-28,34H,13-16,18-21H2,(H,31,35)/t27-,28+/m0/s1. The third-order valence-electron chi connectivity index (χ3n) is 6.79. The highest BCUT2D eigenvalue weighted by Crippen LogP contribution is 2.32. The summed E-state index contributed by atoms with van der Waals surface area (Å²) in [5, 5.41) is 12.0. The molecule has 10 heteroatoms. The largest absolute Gasteiger partial charge is 0.489 e. The molecule has 0 aromatic heterocycles. The fourth-order valence-electron chi connectivity index (χ4n) is 4.42. The quantitative estimate of drug-likeness (QED) is 0.366. The minimum absolute atomic E-state index is 0.0664. The van der Waals surface area contributed by atoms with E-state index in [1.165, 1.54) is 0 Å². The number of benzene rings is 3. The van der Waals surface area contributed by atoms with Gasteiger partial charge in [-0.1, -0.05) is 60.7 Å². The van der Waals surface area contributed by atoms with Crippen LogP contribution in [0, 0.1) is 0 Å². The normalized spacial score (nSPS) is 18.1. The maximum atomic E-state index is 12.5. The number of nitrogens with one attached hydrogen (secondary N) is 1. The van der Waals surface area contributed by atoms with Crippen molar-refractivity contribution >= 4 is 23.6 Å². The number of hydrogen-bond donors (Lipinski definition) is 2. The van der Waals surface area contributed by atoms with Crippen LogP contribution in [0.3, 0.4) is 0 Å². The fourth-order valence-corrected chi connectivity index (χ4v) is 4.42. The molecule has 0 bridgehead atoms. The van der Waals surface area contributed by atoms with Crippen LogP contribution in [0.4, 0.5) is 21.0 Å². The van der Waals surface area contributed by atoms with Gasteiger partial charge in [-0.25, -0.2) is 9.59 Å². The van der Waals surface area contributed by atoms with Crippen LogP contribution in [0.25, 0.3) is 0 Å². The molecule has 0 spiro atoms. The zero-order valence-corrected chi connectivity index (χ0v) is 22.1. The number of piperazine rings is 1. The highest BCUT2D eigenvalue weighted by Gasteiger charge is 2.39. The Kier molecular flexibility index (Phi) is 9.00. The maximum absolute atomic E-state index is 12.5. The molecule has 3 aromatic rings. The van der Waals surface area contributed by atoms with Gasteiger partial charge in [0, 0.05) is 37.9 Å². The third kappa shape index (κ3) is 7.43. The van der Waals surface area contributed by atoms with Gasteiger partial charge in [-0.15, -0.1) is 0 Å². The summed E-state index contributed by atoms with van der Waals surface area (Å²) < 4.78 is 22.2. The maximum Gasteiger partial charge on any atom is 0.412 e. The number of ether oxygens (including phenoxy) is 4. The van der Waals surface area contributed by atoms with Crippen LogP contribution in [0.15, 0.2) is 78.9 Å². The van der Waals surface area contributed by atoms with Crippen molar-refractivity contribution in [1.82, 2.24) is 4.90 Å². The molecule has 10 nitrogen and oxygen atoms in total. The van der Waals surface area contributed by atoms with E-state index in [9.17, 15) is 14.7 Å². The van der Waals surface area contributed by atoms with Crippen LogP contribution < -0.4 is 15.0 Å². The van der Waals surface area contributed by atoms with E-state index in [1.54, 1.807) is 11.0 Å². The number of hydrogen-bond acceptors (Lipinski definition) is 8. The molecule has 3 aromatic carbocycles. The first-order valence-corrected chi connectivity index (χ1v) is 13.3. The lowest BCUT2D eigenvalue weighted by atomic mass is 10.2. The van der Waals surface area contributed by atoms with E-state index in [1.807, 2.05) is 72.8 Å². The van der Waals surface area contributed by atoms with Crippen molar-refractivity contribution in [1.29, 1.82) is 0 Å². The molecule has 210 valence electrons. The first kappa shape index (κ1) is 27.3. The molecule has 2 fully saturated rings. The SMILES string of the molecule is O=C(Nc1ccc(N2CCN(C(=O)OCc3ccccc3)CC2)cc1OC[C@H]1O[C@H]1CO)OCc1ccccc1. The van der Waals surface area contributed by atoms with E-state index < -0.39 is 6.09 Å². The molecule has 0 unspecified atom stereocenters. The second-order valence-corrected chi connectivity index (χ2v) is 9.59. The monoisotopic (exact) mass is 547 g/mol. The number of anilines is 2. The molecular formula is C30H33N3O7. The van der Waals surface area contributed by atoms with Gasteiger partial charge in [-0.3, -0.25) is 5.32 Å². The average molecular weight is 548 g/mol. The highest BCUT2D eigenvalue weighted by molar-refractivity contribution is 5.87. The van der Waals surface area contributed by atoms with E-state index in [4.69, 9.17) is 18.9 Å². The molecular weight excluding hydrogens is 514 g/mol. The van der Waals surface area contributed by atoms with Crippen molar-refractivity contribution in [3.8, 4) is 5.75 Å². The Hall–Kier alpha value is -4.28. The van der Waals surface area contributed by atoms with E-state index in [-0.39, 0.29) is 44.7 Å². The number of epoxide rings is 1. The molecule has 5 rings (SSSR count). The van der Waals surface area contributed by atoms with Crippen molar-refractivity contribution in [2.45, 2.75) is 25.4 Å². The molecule has 2 atom stereocenters. The van der Waals surface area contributed by atoms with Gasteiger partial charge < -0.3 is 33.9 Å². The number of aliphatic hydroxyl groups is 1. The second kappa shape index (κ2) is 13.2. The van der Waals surface area contributed by atoms with E-state index in [2.05, 4.69) is 10.2 Å². The van der Waals surface area contributed by atoms with Gasteiger partial charge in [0.25, 0.3) is 0 Å². The highest BCUT2D eigenvalue weighted by atomic mass is 16.6. The van der Waals surface area contributed by atoms with Crippen molar-refractivity contribution in [2.75, 3.05) is 49.6 Å². The summed E-state index contributed by atoms with van der Waals surface area (Å²) in [7, 11) is 0. The summed E-state index contributed by atoms with van der Waals surface area (Å²) in [6.07, 6.45) is -1.36. The number of carbonyl (C=O) groups is 2. The molecule has 0 radical (unpaired) electrons. The Morgan fingerprint density at radius 3 is 2.12 bits per heavy atom. The summed E-state index contributed by atoms with van der Waals surface area (Å²) in [5.41, 5.74) is 3.19. The van der Waals surface area contributed by atoms with Gasteiger partial charge in [0.1, 0.15) is 37.8 Å². The average Bonchev–Trinajstić information content (AvgIpc) is 3.78. The van der Waals surface area contributed by atoms with Gasteiger partial charge in [0.15, 0.2) is 0 Å². The first-order valence-electron chi connectivity index (χ1n) is 13.3. The second-order valence-electron chi connectivity index (χ2n) is 9.59. The summed E-state index contributed by atoms with van der Waals surface area (Å²) >= 11 is 0. The molecule has 2 amide bonds. The van der Waals surface area contributed by atoms with Crippen molar-refractivity contribution < 1.29 is 33.6 Å². The van der Waals surface area contributed by atoms with Crippen LogP contribution in [-0.4, -0.2) is 73.8 Å². The summed E-state index contributed by atoms with van der Waals surface area (Å²) in [4.78, 5) is 28.9. The molecule has 0 saturated carbocycles. The summed E-state index contributed by atoms with van der Waals surface area (Å²) in [6.45, 7) is 2.83. The van der Waals surface area contributed by atoms with Gasteiger partial charge in [-0.2, -0.15) is 0 Å². The molecule has 2 saturated heterocycles. The molecule has 2 heterocycles. The van der Waals surface area contributed by atoms with Gasteiger partial charge in [-0.05, 0) is 23.3 Å². The molecule has 2 N–H and O–H groups in total. The number of nitrogens with zero attached hydrogens (tertiary/aromatic N) is 2. The van der Waals surface area contributed by atoms with E-state index in [0.717, 1.165) is 16.8 Å². The predicted molar refractivity (Wildman–Crippen MR) is 148 cm³/mol. The Bertz CT molecular complexity index is 1270. The number of amides is 2. The van der Waals surface area contributed by atoms with Gasteiger partial charge in [0.2, 0.25) is 0 Å². The first-order chi connectivity index (χ1) is 19.6. The summed E-state index contributed by atoms with van der Waals surface area (Å²) in [5.74, 6) is 0.464. The Morgan fingerprint density at radius 1 is 0.850 bits per heavy atom. The smallest absolute Gasteiger partial charge is 0.412 e. The lowest BCUT2D eigenvalue weighted by molar-refractivity contribution is 0.0942. The zero-order chi connectivity index (χ0) is 27.7. The minimum Gasteiger partial charge on any atom is -0.489 e. The van der Waals surface area contributed by atoms with E-state index >= 15 is 0 Å². The van der Waals surface area contributed by atoms with Crippen LogP contribution in [0.2, 0.25) is 0 Å². The lowest BCUT2D eigenvalue weighted by Gasteiger charge is -2.35. The minimum atomic E-state index is -0.597. The predicted octanol–water partition coefficient (Wildman–Crippen LogP) is 4.03. The van der Waals surface area contributed by atoms with E-state index in [0.29, 0.717) is 37.6 Å².